The molecule has 0 spiro atoms. The van der Waals surface area contributed by atoms with Crippen LogP contribution in [0.2, 0.25) is 5.15 Å². The summed E-state index contributed by atoms with van der Waals surface area (Å²) in [7, 11) is 0. The van der Waals surface area contributed by atoms with E-state index in [2.05, 4.69) is 39.0 Å². The third kappa shape index (κ3) is 2.44. The number of benzene rings is 1. The van der Waals surface area contributed by atoms with Gasteiger partial charge in [-0.3, -0.25) is 0 Å². The van der Waals surface area contributed by atoms with Gasteiger partial charge in [0.1, 0.15) is 5.82 Å². The first-order valence-corrected chi connectivity index (χ1v) is 6.23. The van der Waals surface area contributed by atoms with E-state index >= 15 is 0 Å². The lowest BCUT2D eigenvalue weighted by Crippen LogP contribution is -2.02. The van der Waals surface area contributed by atoms with Crippen LogP contribution in [-0.4, -0.2) is 10.2 Å². The Morgan fingerprint density at radius 2 is 2.00 bits per heavy atom. The van der Waals surface area contributed by atoms with Gasteiger partial charge in [-0.1, -0.05) is 29.8 Å². The number of rotatable bonds is 3. The molecule has 5 heteroatoms. The number of anilines is 1. The zero-order valence-electron chi connectivity index (χ0n) is 9.78. The number of nitrogens with zero attached hydrogens (tertiary/aromatic N) is 2. The molecule has 1 aliphatic rings. The molecule has 0 radical (unpaired) electrons. The Labute approximate surface area is 110 Å². The minimum atomic E-state index is 0.407. The number of aromatic nitrogens is 2. The van der Waals surface area contributed by atoms with Gasteiger partial charge in [0.15, 0.2) is 5.15 Å². The summed E-state index contributed by atoms with van der Waals surface area (Å²) < 4.78 is 0. The molecule has 1 aliphatic heterocycles. The van der Waals surface area contributed by atoms with Crippen LogP contribution in [0.5, 0.6) is 0 Å². The van der Waals surface area contributed by atoms with E-state index in [4.69, 9.17) is 11.6 Å². The second-order valence-electron chi connectivity index (χ2n) is 4.30. The minimum absolute atomic E-state index is 0.407. The maximum Gasteiger partial charge on any atom is 0.151 e. The van der Waals surface area contributed by atoms with Crippen molar-refractivity contribution in [2.45, 2.75) is 19.6 Å². The Balaban J connectivity index is 1.68. The van der Waals surface area contributed by atoms with Gasteiger partial charge in [-0.25, -0.2) is 0 Å². The van der Waals surface area contributed by atoms with Gasteiger partial charge < -0.3 is 10.6 Å². The fraction of sp³-hybridized carbons (Fsp3) is 0.231. The van der Waals surface area contributed by atoms with Crippen molar-refractivity contribution in [3.63, 3.8) is 0 Å². The summed E-state index contributed by atoms with van der Waals surface area (Å²) in [6.07, 6.45) is 0. The lowest BCUT2D eigenvalue weighted by atomic mass is 10.1. The molecule has 0 atom stereocenters. The highest BCUT2D eigenvalue weighted by Crippen LogP contribution is 2.17. The Hall–Kier alpha value is -1.65. The molecular formula is C13H13ClN4. The fourth-order valence-corrected chi connectivity index (χ4v) is 2.16. The Kier molecular flexibility index (Phi) is 3.13. The first kappa shape index (κ1) is 11.4. The number of hydrogen-bond donors (Lipinski definition) is 2. The van der Waals surface area contributed by atoms with Crippen LogP contribution in [-0.2, 0) is 19.6 Å². The normalized spacial score (nSPS) is 13.4. The van der Waals surface area contributed by atoms with Gasteiger partial charge in [0.25, 0.3) is 0 Å². The van der Waals surface area contributed by atoms with Crippen LogP contribution < -0.4 is 10.6 Å². The molecule has 2 heterocycles. The number of hydrogen-bond acceptors (Lipinski definition) is 4. The van der Waals surface area contributed by atoms with Crippen molar-refractivity contribution in [1.29, 1.82) is 0 Å². The molecule has 18 heavy (non-hydrogen) atoms. The van der Waals surface area contributed by atoms with Gasteiger partial charge >= 0.3 is 0 Å². The summed E-state index contributed by atoms with van der Waals surface area (Å²) in [6, 6.07) is 10.1. The van der Waals surface area contributed by atoms with Gasteiger partial charge in [-0.15, -0.1) is 10.2 Å². The number of fused-ring (bicyclic) bond motifs is 1. The van der Waals surface area contributed by atoms with Crippen LogP contribution >= 0.6 is 11.6 Å². The van der Waals surface area contributed by atoms with Gasteiger partial charge in [-0.05, 0) is 28.8 Å². The molecule has 2 aromatic rings. The average molecular weight is 261 g/mol. The molecule has 0 fully saturated rings. The Morgan fingerprint density at radius 1 is 1.11 bits per heavy atom. The summed E-state index contributed by atoms with van der Waals surface area (Å²) in [6.45, 7) is 2.68. The van der Waals surface area contributed by atoms with Crippen LogP contribution in [0.3, 0.4) is 0 Å². The van der Waals surface area contributed by atoms with Crippen molar-refractivity contribution in [3.8, 4) is 0 Å². The largest absolute Gasteiger partial charge is 0.365 e. The van der Waals surface area contributed by atoms with E-state index in [1.165, 1.54) is 16.7 Å². The van der Waals surface area contributed by atoms with E-state index < -0.39 is 0 Å². The molecule has 0 amide bonds. The van der Waals surface area contributed by atoms with Crippen molar-refractivity contribution in [3.05, 3.63) is 52.2 Å². The first-order chi connectivity index (χ1) is 8.81. The molecule has 0 aliphatic carbocycles. The lowest BCUT2D eigenvalue weighted by Gasteiger charge is -2.06. The predicted molar refractivity (Wildman–Crippen MR) is 71.4 cm³/mol. The van der Waals surface area contributed by atoms with E-state index in [0.717, 1.165) is 25.5 Å². The molecule has 1 aromatic carbocycles. The number of nitrogens with one attached hydrogen (secondary N) is 2. The molecule has 0 saturated heterocycles. The third-order valence-electron chi connectivity index (χ3n) is 3.01. The molecular weight excluding hydrogens is 248 g/mol. The van der Waals surface area contributed by atoms with E-state index in [1.54, 1.807) is 6.07 Å². The minimum Gasteiger partial charge on any atom is -0.365 e. The lowest BCUT2D eigenvalue weighted by molar-refractivity contribution is 0.764. The van der Waals surface area contributed by atoms with Crippen molar-refractivity contribution < 1.29 is 0 Å². The predicted octanol–water partition coefficient (Wildman–Crippen LogP) is 2.35. The highest BCUT2D eigenvalue weighted by Gasteiger charge is 2.09. The summed E-state index contributed by atoms with van der Waals surface area (Å²) in [5, 5.41) is 14.7. The molecule has 1 aromatic heterocycles. The quantitative estimate of drug-likeness (QED) is 0.890. The summed E-state index contributed by atoms with van der Waals surface area (Å²) in [5.74, 6) is 0.734. The number of halogens is 1. The second kappa shape index (κ2) is 4.92. The average Bonchev–Trinajstić information content (AvgIpc) is 2.85. The third-order valence-corrected chi connectivity index (χ3v) is 3.21. The standard InChI is InChI=1S/C13H13ClN4/c14-12-3-4-13(18-17-12)16-6-9-1-2-10-7-15-8-11(10)5-9/h1-5,15H,6-8H2,(H,16,18). The summed E-state index contributed by atoms with van der Waals surface area (Å²) >= 11 is 5.68. The highest BCUT2D eigenvalue weighted by atomic mass is 35.5. The first-order valence-electron chi connectivity index (χ1n) is 5.86. The molecule has 2 N–H and O–H groups in total. The van der Waals surface area contributed by atoms with Gasteiger partial charge in [0, 0.05) is 19.6 Å². The molecule has 0 unspecified atom stereocenters. The Bertz CT molecular complexity index is 553. The van der Waals surface area contributed by atoms with E-state index in [-0.39, 0.29) is 0 Å². The van der Waals surface area contributed by atoms with Crippen molar-refractivity contribution in [1.82, 2.24) is 15.5 Å². The zero-order chi connectivity index (χ0) is 12.4. The molecule has 3 rings (SSSR count). The SMILES string of the molecule is Clc1ccc(NCc2ccc3c(c2)CNC3)nn1. The van der Waals surface area contributed by atoms with Crippen LogP contribution in [0.1, 0.15) is 16.7 Å². The fourth-order valence-electron chi connectivity index (χ4n) is 2.06. The maximum atomic E-state index is 5.68. The van der Waals surface area contributed by atoms with Crippen molar-refractivity contribution >= 4 is 17.4 Å². The maximum absolute atomic E-state index is 5.68. The summed E-state index contributed by atoms with van der Waals surface area (Å²) in [5.41, 5.74) is 4.02. The van der Waals surface area contributed by atoms with Crippen LogP contribution in [0, 0.1) is 0 Å². The Morgan fingerprint density at radius 3 is 2.83 bits per heavy atom. The topological polar surface area (TPSA) is 49.8 Å². The highest BCUT2D eigenvalue weighted by molar-refractivity contribution is 6.29. The monoisotopic (exact) mass is 260 g/mol. The van der Waals surface area contributed by atoms with Crippen LogP contribution in [0.4, 0.5) is 5.82 Å². The second-order valence-corrected chi connectivity index (χ2v) is 4.69. The van der Waals surface area contributed by atoms with E-state index in [9.17, 15) is 0 Å². The van der Waals surface area contributed by atoms with E-state index in [1.807, 2.05) is 6.07 Å². The smallest absolute Gasteiger partial charge is 0.151 e. The van der Waals surface area contributed by atoms with Gasteiger partial charge in [-0.2, -0.15) is 0 Å². The van der Waals surface area contributed by atoms with Crippen LogP contribution in [0.15, 0.2) is 30.3 Å². The van der Waals surface area contributed by atoms with Gasteiger partial charge in [0.2, 0.25) is 0 Å². The molecule has 0 bridgehead atoms. The molecule has 92 valence electrons. The van der Waals surface area contributed by atoms with Crippen LogP contribution in [0.25, 0.3) is 0 Å². The summed E-state index contributed by atoms with van der Waals surface area (Å²) in [4.78, 5) is 0. The van der Waals surface area contributed by atoms with E-state index in [0.29, 0.717) is 5.15 Å². The molecule has 4 nitrogen and oxygen atoms in total. The van der Waals surface area contributed by atoms with Crippen molar-refractivity contribution in [2.75, 3.05) is 5.32 Å². The van der Waals surface area contributed by atoms with Crippen molar-refractivity contribution in [2.24, 2.45) is 0 Å². The van der Waals surface area contributed by atoms with Gasteiger partial charge in [0.05, 0.1) is 0 Å². The zero-order valence-corrected chi connectivity index (χ0v) is 10.5. The molecule has 0 saturated carbocycles.